The van der Waals surface area contributed by atoms with E-state index in [1.54, 1.807) is 30.3 Å². The lowest BCUT2D eigenvalue weighted by atomic mass is 10.3. The molecule has 0 unspecified atom stereocenters. The molecular formula is C20H32N6O2S. The number of piperazine rings is 1. The summed E-state index contributed by atoms with van der Waals surface area (Å²) in [7, 11) is 3.49. The molecule has 1 aromatic heterocycles. The second kappa shape index (κ2) is 10.6. The monoisotopic (exact) mass is 420 g/mol. The summed E-state index contributed by atoms with van der Waals surface area (Å²) >= 11 is 1.70. The highest BCUT2D eigenvalue weighted by Crippen LogP contribution is 2.11. The van der Waals surface area contributed by atoms with Gasteiger partial charge in [0, 0.05) is 58.2 Å². The van der Waals surface area contributed by atoms with Gasteiger partial charge in [-0.1, -0.05) is 6.07 Å². The van der Waals surface area contributed by atoms with E-state index >= 15 is 0 Å². The lowest BCUT2D eigenvalue weighted by molar-refractivity contribution is -0.131. The Hall–Kier alpha value is -2.13. The number of nitrogens with zero attached hydrogens (tertiary/aromatic N) is 5. The van der Waals surface area contributed by atoms with E-state index in [1.807, 2.05) is 11.0 Å². The highest BCUT2D eigenvalue weighted by Gasteiger charge is 2.24. The second-order valence-electron chi connectivity index (χ2n) is 7.71. The molecule has 0 bridgehead atoms. The Morgan fingerprint density at radius 1 is 1.10 bits per heavy atom. The SMILES string of the molecule is CN(C)C(=O)CN=C(NCc1cccs1)N1CCN(CC(=O)N2CCCC2)CC1. The molecule has 0 saturated carbocycles. The molecule has 0 atom stereocenters. The molecule has 3 rings (SSSR count). The van der Waals surface area contributed by atoms with E-state index in [1.165, 1.54) is 4.88 Å². The minimum absolute atomic E-state index is 0.0183. The molecule has 3 heterocycles. The number of rotatable bonds is 6. The third kappa shape index (κ3) is 6.43. The molecule has 8 nitrogen and oxygen atoms in total. The van der Waals surface area contributed by atoms with Crippen molar-refractivity contribution in [3.05, 3.63) is 22.4 Å². The van der Waals surface area contributed by atoms with Crippen LogP contribution in [0, 0.1) is 0 Å². The van der Waals surface area contributed by atoms with Crippen LogP contribution < -0.4 is 5.32 Å². The molecule has 2 amide bonds. The van der Waals surface area contributed by atoms with E-state index in [9.17, 15) is 9.59 Å². The highest BCUT2D eigenvalue weighted by molar-refractivity contribution is 7.09. The van der Waals surface area contributed by atoms with Crippen LogP contribution in [0.2, 0.25) is 0 Å². The zero-order valence-corrected chi connectivity index (χ0v) is 18.3. The van der Waals surface area contributed by atoms with Gasteiger partial charge in [-0.25, -0.2) is 4.99 Å². The van der Waals surface area contributed by atoms with Gasteiger partial charge in [-0.05, 0) is 24.3 Å². The summed E-state index contributed by atoms with van der Waals surface area (Å²) in [5.41, 5.74) is 0. The minimum Gasteiger partial charge on any atom is -0.351 e. The van der Waals surface area contributed by atoms with Crippen LogP contribution in [0.25, 0.3) is 0 Å². The van der Waals surface area contributed by atoms with Crippen molar-refractivity contribution in [1.82, 2.24) is 24.9 Å². The zero-order valence-electron chi connectivity index (χ0n) is 17.5. The first-order chi connectivity index (χ1) is 14.0. The topological polar surface area (TPSA) is 71.5 Å². The Morgan fingerprint density at radius 2 is 1.83 bits per heavy atom. The van der Waals surface area contributed by atoms with Crippen molar-refractivity contribution >= 4 is 29.1 Å². The van der Waals surface area contributed by atoms with Crippen LogP contribution in [0.15, 0.2) is 22.5 Å². The third-order valence-corrected chi connectivity index (χ3v) is 6.23. The molecule has 9 heteroatoms. The van der Waals surface area contributed by atoms with Gasteiger partial charge < -0.3 is 20.0 Å². The van der Waals surface area contributed by atoms with Crippen LogP contribution in [0.5, 0.6) is 0 Å². The number of hydrogen-bond acceptors (Lipinski definition) is 5. The fraction of sp³-hybridized carbons (Fsp3) is 0.650. The second-order valence-corrected chi connectivity index (χ2v) is 8.74. The normalized spacial score (nSPS) is 18.2. The van der Waals surface area contributed by atoms with E-state index in [4.69, 9.17) is 0 Å². The number of amides is 2. The number of carbonyl (C=O) groups is 2. The van der Waals surface area contributed by atoms with E-state index in [0.29, 0.717) is 13.1 Å². The van der Waals surface area contributed by atoms with Crippen LogP contribution in [0.3, 0.4) is 0 Å². The average molecular weight is 421 g/mol. The number of likely N-dealkylation sites (N-methyl/N-ethyl adjacent to an activating group) is 1. The molecule has 2 aliphatic heterocycles. The average Bonchev–Trinajstić information content (AvgIpc) is 3.42. The Bertz CT molecular complexity index is 692. The Morgan fingerprint density at radius 3 is 2.45 bits per heavy atom. The maximum Gasteiger partial charge on any atom is 0.243 e. The Labute approximate surface area is 177 Å². The molecule has 1 N–H and O–H groups in total. The molecule has 2 fully saturated rings. The van der Waals surface area contributed by atoms with Gasteiger partial charge in [0.2, 0.25) is 11.8 Å². The van der Waals surface area contributed by atoms with E-state index in [2.05, 4.69) is 31.6 Å². The first-order valence-electron chi connectivity index (χ1n) is 10.3. The quantitative estimate of drug-likeness (QED) is 0.537. The number of aliphatic imine (C=N–C) groups is 1. The molecule has 0 spiro atoms. The van der Waals surface area contributed by atoms with Crippen molar-refractivity contribution in [2.75, 3.05) is 66.5 Å². The molecule has 160 valence electrons. The summed E-state index contributed by atoms with van der Waals surface area (Å²) < 4.78 is 0. The predicted molar refractivity (Wildman–Crippen MR) is 116 cm³/mol. The van der Waals surface area contributed by atoms with Gasteiger partial charge in [-0.2, -0.15) is 0 Å². The van der Waals surface area contributed by atoms with Gasteiger partial charge in [0.05, 0.1) is 13.1 Å². The van der Waals surface area contributed by atoms with Crippen LogP contribution in [0.1, 0.15) is 17.7 Å². The number of likely N-dealkylation sites (tertiary alicyclic amines) is 1. The van der Waals surface area contributed by atoms with Gasteiger partial charge in [0.25, 0.3) is 0 Å². The van der Waals surface area contributed by atoms with Crippen molar-refractivity contribution < 1.29 is 9.59 Å². The van der Waals surface area contributed by atoms with Gasteiger partial charge in [-0.3, -0.25) is 14.5 Å². The third-order valence-electron chi connectivity index (χ3n) is 5.35. The molecule has 0 radical (unpaired) electrons. The molecule has 1 aromatic rings. The lowest BCUT2D eigenvalue weighted by Gasteiger charge is -2.36. The predicted octanol–water partition coefficient (Wildman–Crippen LogP) is 0.522. The van der Waals surface area contributed by atoms with Crippen LogP contribution in [-0.4, -0.2) is 104 Å². The number of hydrogen-bond donors (Lipinski definition) is 1. The number of guanidine groups is 1. The van der Waals surface area contributed by atoms with Gasteiger partial charge in [-0.15, -0.1) is 11.3 Å². The number of thiophene rings is 1. The van der Waals surface area contributed by atoms with E-state index < -0.39 is 0 Å². The summed E-state index contributed by atoms with van der Waals surface area (Å²) in [6, 6.07) is 4.12. The Kier molecular flexibility index (Phi) is 7.88. The zero-order chi connectivity index (χ0) is 20.6. The maximum absolute atomic E-state index is 12.4. The molecule has 0 aromatic carbocycles. The smallest absolute Gasteiger partial charge is 0.243 e. The van der Waals surface area contributed by atoms with E-state index in [-0.39, 0.29) is 18.4 Å². The maximum atomic E-state index is 12.4. The molecule has 29 heavy (non-hydrogen) atoms. The fourth-order valence-corrected chi connectivity index (χ4v) is 4.15. The molecule has 0 aliphatic carbocycles. The highest BCUT2D eigenvalue weighted by atomic mass is 32.1. The lowest BCUT2D eigenvalue weighted by Crippen LogP contribution is -2.54. The summed E-state index contributed by atoms with van der Waals surface area (Å²) in [6.45, 7) is 6.36. The van der Waals surface area contributed by atoms with Crippen molar-refractivity contribution in [3.8, 4) is 0 Å². The Balaban J connectivity index is 1.53. The molecule has 2 aliphatic rings. The molecule has 2 saturated heterocycles. The van der Waals surface area contributed by atoms with Crippen molar-refractivity contribution in [1.29, 1.82) is 0 Å². The standard InChI is InChI=1S/C20H32N6O2S/c1-23(2)18(27)15-22-20(21-14-17-6-5-13-29-17)26-11-9-24(10-12-26)16-19(28)25-7-3-4-8-25/h5-6,13H,3-4,7-12,14-16H2,1-2H3,(H,21,22). The first kappa shape index (κ1) is 21.6. The summed E-state index contributed by atoms with van der Waals surface area (Å²) in [5, 5.41) is 5.46. The summed E-state index contributed by atoms with van der Waals surface area (Å²) in [6.07, 6.45) is 2.25. The number of nitrogens with one attached hydrogen (secondary N) is 1. The first-order valence-corrected chi connectivity index (χ1v) is 11.2. The minimum atomic E-state index is -0.0183. The molecular weight excluding hydrogens is 388 g/mol. The largest absolute Gasteiger partial charge is 0.351 e. The van der Waals surface area contributed by atoms with Crippen molar-refractivity contribution in [2.45, 2.75) is 19.4 Å². The van der Waals surface area contributed by atoms with Crippen LogP contribution in [0.4, 0.5) is 0 Å². The summed E-state index contributed by atoms with van der Waals surface area (Å²) in [5.74, 6) is 0.992. The van der Waals surface area contributed by atoms with Gasteiger partial charge >= 0.3 is 0 Å². The number of carbonyl (C=O) groups excluding carboxylic acids is 2. The van der Waals surface area contributed by atoms with Gasteiger partial charge in [0.15, 0.2) is 5.96 Å². The van der Waals surface area contributed by atoms with E-state index in [0.717, 1.165) is 58.1 Å². The van der Waals surface area contributed by atoms with Crippen molar-refractivity contribution in [2.24, 2.45) is 4.99 Å². The van der Waals surface area contributed by atoms with Crippen LogP contribution >= 0.6 is 11.3 Å². The van der Waals surface area contributed by atoms with Crippen molar-refractivity contribution in [3.63, 3.8) is 0 Å². The van der Waals surface area contributed by atoms with Crippen LogP contribution in [-0.2, 0) is 16.1 Å². The summed E-state index contributed by atoms with van der Waals surface area (Å²) in [4.78, 5) is 38.1. The fourth-order valence-electron chi connectivity index (χ4n) is 3.51. The van der Waals surface area contributed by atoms with Gasteiger partial charge in [0.1, 0.15) is 6.54 Å².